The van der Waals surface area contributed by atoms with Gasteiger partial charge in [-0.3, -0.25) is 4.98 Å². The SMILES string of the molecule is NC(CCc1ccsc1)c1ccc(F)cn1. The number of aryl methyl sites for hydroxylation is 1. The minimum absolute atomic E-state index is 0.125. The fourth-order valence-electron chi connectivity index (χ4n) is 1.51. The summed E-state index contributed by atoms with van der Waals surface area (Å²) in [5.74, 6) is -0.325. The summed E-state index contributed by atoms with van der Waals surface area (Å²) in [4.78, 5) is 3.98. The van der Waals surface area contributed by atoms with E-state index in [9.17, 15) is 4.39 Å². The van der Waals surface area contributed by atoms with Crippen LogP contribution >= 0.6 is 11.3 Å². The molecule has 0 aliphatic heterocycles. The number of nitrogens with two attached hydrogens (primary N) is 1. The summed E-state index contributed by atoms with van der Waals surface area (Å²) in [7, 11) is 0. The van der Waals surface area contributed by atoms with Crippen LogP contribution in [-0.2, 0) is 6.42 Å². The van der Waals surface area contributed by atoms with E-state index in [0.717, 1.165) is 18.5 Å². The first-order valence-corrected chi connectivity index (χ1v) is 6.08. The van der Waals surface area contributed by atoms with Crippen LogP contribution in [0.2, 0.25) is 0 Å². The second-order valence-corrected chi connectivity index (χ2v) is 4.46. The van der Waals surface area contributed by atoms with E-state index >= 15 is 0 Å². The van der Waals surface area contributed by atoms with E-state index in [4.69, 9.17) is 5.73 Å². The maximum absolute atomic E-state index is 12.7. The number of pyridine rings is 1. The molecule has 0 radical (unpaired) electrons. The summed E-state index contributed by atoms with van der Waals surface area (Å²) in [6, 6.07) is 5.01. The number of thiophene rings is 1. The van der Waals surface area contributed by atoms with Gasteiger partial charge in [-0.25, -0.2) is 4.39 Å². The van der Waals surface area contributed by atoms with Gasteiger partial charge in [0.2, 0.25) is 0 Å². The highest BCUT2D eigenvalue weighted by molar-refractivity contribution is 7.07. The molecule has 0 saturated heterocycles. The fraction of sp³-hybridized carbons (Fsp3) is 0.250. The molecule has 2 nitrogen and oxygen atoms in total. The van der Waals surface area contributed by atoms with Crippen LogP contribution in [0, 0.1) is 5.82 Å². The van der Waals surface area contributed by atoms with Gasteiger partial charge in [0.15, 0.2) is 0 Å². The first kappa shape index (κ1) is 11.2. The van der Waals surface area contributed by atoms with Gasteiger partial charge in [-0.05, 0) is 47.4 Å². The van der Waals surface area contributed by atoms with Crippen LogP contribution < -0.4 is 5.73 Å². The van der Waals surface area contributed by atoms with E-state index in [1.807, 2.05) is 0 Å². The smallest absolute Gasteiger partial charge is 0.141 e. The van der Waals surface area contributed by atoms with Crippen molar-refractivity contribution in [3.8, 4) is 0 Å². The van der Waals surface area contributed by atoms with E-state index < -0.39 is 0 Å². The quantitative estimate of drug-likeness (QED) is 0.886. The molecule has 0 aromatic carbocycles. The van der Waals surface area contributed by atoms with Crippen LogP contribution in [0.25, 0.3) is 0 Å². The average molecular weight is 236 g/mol. The number of hydrogen-bond donors (Lipinski definition) is 1. The molecule has 0 aliphatic carbocycles. The van der Waals surface area contributed by atoms with Crippen LogP contribution in [-0.4, -0.2) is 4.98 Å². The topological polar surface area (TPSA) is 38.9 Å². The van der Waals surface area contributed by atoms with E-state index in [1.54, 1.807) is 17.4 Å². The lowest BCUT2D eigenvalue weighted by Gasteiger charge is -2.09. The number of aromatic nitrogens is 1. The minimum Gasteiger partial charge on any atom is -0.323 e. The summed E-state index contributed by atoms with van der Waals surface area (Å²) in [5.41, 5.74) is 8.02. The molecule has 0 amide bonds. The molecule has 1 atom stereocenters. The highest BCUT2D eigenvalue weighted by atomic mass is 32.1. The Balaban J connectivity index is 1.93. The molecule has 4 heteroatoms. The second-order valence-electron chi connectivity index (χ2n) is 3.68. The van der Waals surface area contributed by atoms with Crippen molar-refractivity contribution < 1.29 is 4.39 Å². The Hall–Kier alpha value is -1.26. The van der Waals surface area contributed by atoms with Gasteiger partial charge in [-0.2, -0.15) is 11.3 Å². The largest absolute Gasteiger partial charge is 0.323 e. The molecule has 2 heterocycles. The van der Waals surface area contributed by atoms with Gasteiger partial charge >= 0.3 is 0 Å². The highest BCUT2D eigenvalue weighted by Crippen LogP contribution is 2.16. The molecule has 84 valence electrons. The van der Waals surface area contributed by atoms with Crippen LogP contribution in [0.4, 0.5) is 4.39 Å². The Labute approximate surface area is 97.9 Å². The van der Waals surface area contributed by atoms with Gasteiger partial charge in [0.25, 0.3) is 0 Å². The van der Waals surface area contributed by atoms with Gasteiger partial charge in [0, 0.05) is 6.04 Å². The summed E-state index contributed by atoms with van der Waals surface area (Å²) in [6.07, 6.45) is 2.97. The predicted octanol–water partition coefficient (Wildman–Crippen LogP) is 2.91. The second kappa shape index (κ2) is 5.18. The third-order valence-electron chi connectivity index (χ3n) is 2.45. The standard InChI is InChI=1S/C12H13FN2S/c13-10-2-4-12(15-7-10)11(14)3-1-9-5-6-16-8-9/h2,4-8,11H,1,3,14H2. The number of nitrogens with zero attached hydrogens (tertiary/aromatic N) is 1. The molecule has 2 aromatic rings. The highest BCUT2D eigenvalue weighted by Gasteiger charge is 2.07. The first-order chi connectivity index (χ1) is 7.75. The van der Waals surface area contributed by atoms with E-state index in [2.05, 4.69) is 21.8 Å². The van der Waals surface area contributed by atoms with Crippen molar-refractivity contribution in [1.82, 2.24) is 4.98 Å². The molecule has 1 unspecified atom stereocenters. The van der Waals surface area contributed by atoms with E-state index in [1.165, 1.54) is 17.8 Å². The predicted molar refractivity (Wildman–Crippen MR) is 63.8 cm³/mol. The lowest BCUT2D eigenvalue weighted by molar-refractivity contribution is 0.601. The van der Waals surface area contributed by atoms with Crippen LogP contribution in [0.15, 0.2) is 35.2 Å². The van der Waals surface area contributed by atoms with Crippen LogP contribution in [0.3, 0.4) is 0 Å². The molecule has 0 bridgehead atoms. The average Bonchev–Trinajstić information content (AvgIpc) is 2.80. The summed E-state index contributed by atoms with van der Waals surface area (Å²) in [5, 5.41) is 4.17. The third kappa shape index (κ3) is 2.87. The van der Waals surface area contributed by atoms with E-state index in [0.29, 0.717) is 0 Å². The number of rotatable bonds is 4. The van der Waals surface area contributed by atoms with Crippen molar-refractivity contribution in [3.63, 3.8) is 0 Å². The number of hydrogen-bond acceptors (Lipinski definition) is 3. The van der Waals surface area contributed by atoms with Crippen LogP contribution in [0.1, 0.15) is 23.7 Å². The number of halogens is 1. The van der Waals surface area contributed by atoms with Gasteiger partial charge in [0.1, 0.15) is 5.82 Å². The van der Waals surface area contributed by atoms with Crippen molar-refractivity contribution in [2.45, 2.75) is 18.9 Å². The zero-order chi connectivity index (χ0) is 11.4. The first-order valence-electron chi connectivity index (χ1n) is 5.14. The Kier molecular flexibility index (Phi) is 3.64. The molecule has 0 aliphatic rings. The third-order valence-corrected chi connectivity index (χ3v) is 3.19. The molecule has 2 N–H and O–H groups in total. The molecule has 16 heavy (non-hydrogen) atoms. The monoisotopic (exact) mass is 236 g/mol. The van der Waals surface area contributed by atoms with E-state index in [-0.39, 0.29) is 11.9 Å². The summed E-state index contributed by atoms with van der Waals surface area (Å²) >= 11 is 1.68. The molecular weight excluding hydrogens is 223 g/mol. The summed E-state index contributed by atoms with van der Waals surface area (Å²) in [6.45, 7) is 0. The Morgan fingerprint density at radius 3 is 2.88 bits per heavy atom. The lowest BCUT2D eigenvalue weighted by Crippen LogP contribution is -2.12. The van der Waals surface area contributed by atoms with Crippen LogP contribution in [0.5, 0.6) is 0 Å². The maximum Gasteiger partial charge on any atom is 0.141 e. The minimum atomic E-state index is -0.325. The maximum atomic E-state index is 12.7. The Morgan fingerprint density at radius 1 is 1.38 bits per heavy atom. The van der Waals surface area contributed by atoms with Crippen molar-refractivity contribution in [3.05, 3.63) is 52.2 Å². The summed E-state index contributed by atoms with van der Waals surface area (Å²) < 4.78 is 12.7. The van der Waals surface area contributed by atoms with Gasteiger partial charge in [0.05, 0.1) is 11.9 Å². The molecule has 0 spiro atoms. The Morgan fingerprint density at radius 2 is 2.25 bits per heavy atom. The van der Waals surface area contributed by atoms with Gasteiger partial charge in [-0.15, -0.1) is 0 Å². The van der Waals surface area contributed by atoms with Crippen molar-refractivity contribution in [1.29, 1.82) is 0 Å². The lowest BCUT2D eigenvalue weighted by atomic mass is 10.1. The van der Waals surface area contributed by atoms with Crippen molar-refractivity contribution in [2.24, 2.45) is 5.73 Å². The molecule has 2 rings (SSSR count). The Bertz CT molecular complexity index is 425. The van der Waals surface area contributed by atoms with Gasteiger partial charge in [-0.1, -0.05) is 0 Å². The van der Waals surface area contributed by atoms with Crippen molar-refractivity contribution >= 4 is 11.3 Å². The van der Waals surface area contributed by atoms with Crippen molar-refractivity contribution in [2.75, 3.05) is 0 Å². The zero-order valence-corrected chi connectivity index (χ0v) is 9.58. The molecule has 0 saturated carbocycles. The zero-order valence-electron chi connectivity index (χ0n) is 8.77. The molecule has 0 fully saturated rings. The van der Waals surface area contributed by atoms with Gasteiger partial charge < -0.3 is 5.73 Å². The molecule has 2 aromatic heterocycles. The fourth-order valence-corrected chi connectivity index (χ4v) is 2.21. The molecular formula is C12H13FN2S. The normalized spacial score (nSPS) is 12.6.